The van der Waals surface area contributed by atoms with Crippen LogP contribution in [-0.2, 0) is 16.6 Å². The molecule has 0 amide bonds. The lowest BCUT2D eigenvalue weighted by molar-refractivity contribution is 0.401. The lowest BCUT2D eigenvalue weighted by Gasteiger charge is -2.11. The van der Waals surface area contributed by atoms with E-state index in [-0.39, 0.29) is 23.1 Å². The summed E-state index contributed by atoms with van der Waals surface area (Å²) in [6.45, 7) is 1.67. The van der Waals surface area contributed by atoms with Crippen molar-refractivity contribution in [1.29, 1.82) is 0 Å². The van der Waals surface area contributed by atoms with Crippen LogP contribution in [0.5, 0.6) is 5.75 Å². The molecule has 0 spiro atoms. The van der Waals surface area contributed by atoms with Gasteiger partial charge in [0.05, 0.1) is 19.9 Å². The predicted octanol–water partition coefficient (Wildman–Crippen LogP) is 1.81. The fourth-order valence-electron chi connectivity index (χ4n) is 1.64. The largest absolute Gasteiger partial charge is 0.495 e. The number of hydrogen-bond acceptors (Lipinski definition) is 6. The SMILES string of the molecule is COc1cc(Br)c(N)cc1S(=O)(=O)NCc1ncc(C)o1. The van der Waals surface area contributed by atoms with E-state index in [0.717, 1.165) is 0 Å². The quantitative estimate of drug-likeness (QED) is 0.771. The van der Waals surface area contributed by atoms with Crippen LogP contribution in [0.15, 0.2) is 32.1 Å². The number of hydrogen-bond donors (Lipinski definition) is 2. The molecule has 1 aromatic carbocycles. The van der Waals surface area contributed by atoms with Crippen LogP contribution in [0.2, 0.25) is 0 Å². The van der Waals surface area contributed by atoms with Gasteiger partial charge < -0.3 is 14.9 Å². The highest BCUT2D eigenvalue weighted by Gasteiger charge is 2.21. The number of nitrogens with one attached hydrogen (secondary N) is 1. The van der Waals surface area contributed by atoms with Crippen molar-refractivity contribution in [3.63, 3.8) is 0 Å². The van der Waals surface area contributed by atoms with Gasteiger partial charge in [-0.3, -0.25) is 0 Å². The van der Waals surface area contributed by atoms with E-state index >= 15 is 0 Å². The van der Waals surface area contributed by atoms with E-state index in [9.17, 15) is 8.42 Å². The average Bonchev–Trinajstić information content (AvgIpc) is 2.85. The first-order valence-corrected chi connectivity index (χ1v) is 8.15. The second-order valence-electron chi connectivity index (χ2n) is 4.21. The number of halogens is 1. The highest BCUT2D eigenvalue weighted by Crippen LogP contribution is 2.32. The maximum atomic E-state index is 12.3. The average molecular weight is 376 g/mol. The first kappa shape index (κ1) is 15.8. The van der Waals surface area contributed by atoms with Crippen LogP contribution < -0.4 is 15.2 Å². The lowest BCUT2D eigenvalue weighted by Crippen LogP contribution is -2.24. The van der Waals surface area contributed by atoms with Gasteiger partial charge >= 0.3 is 0 Å². The summed E-state index contributed by atoms with van der Waals surface area (Å²) in [6.07, 6.45) is 1.52. The molecule has 0 saturated carbocycles. The Balaban J connectivity index is 2.28. The summed E-state index contributed by atoms with van der Waals surface area (Å²) >= 11 is 3.22. The summed E-state index contributed by atoms with van der Waals surface area (Å²) in [7, 11) is -2.42. The number of nitrogens with zero attached hydrogens (tertiary/aromatic N) is 1. The van der Waals surface area contributed by atoms with Gasteiger partial charge in [0, 0.05) is 10.2 Å². The van der Waals surface area contributed by atoms with E-state index < -0.39 is 10.0 Å². The molecule has 114 valence electrons. The van der Waals surface area contributed by atoms with Gasteiger partial charge in [-0.2, -0.15) is 0 Å². The van der Waals surface area contributed by atoms with Gasteiger partial charge in [0.15, 0.2) is 0 Å². The van der Waals surface area contributed by atoms with Gasteiger partial charge in [-0.1, -0.05) is 0 Å². The summed E-state index contributed by atoms with van der Waals surface area (Å²) in [5.74, 6) is 1.07. The number of ether oxygens (including phenoxy) is 1. The van der Waals surface area contributed by atoms with Crippen LogP contribution >= 0.6 is 15.9 Å². The molecule has 7 nitrogen and oxygen atoms in total. The van der Waals surface area contributed by atoms with Gasteiger partial charge in [-0.15, -0.1) is 0 Å². The number of sulfonamides is 1. The zero-order chi connectivity index (χ0) is 15.6. The molecule has 0 fully saturated rings. The Bertz CT molecular complexity index is 758. The summed E-state index contributed by atoms with van der Waals surface area (Å²) in [5.41, 5.74) is 6.02. The van der Waals surface area contributed by atoms with Gasteiger partial charge in [0.25, 0.3) is 0 Å². The molecule has 0 unspecified atom stereocenters. The molecule has 2 rings (SSSR count). The van der Waals surface area contributed by atoms with Crippen molar-refractivity contribution in [2.75, 3.05) is 12.8 Å². The monoisotopic (exact) mass is 375 g/mol. The molecular weight excluding hydrogens is 362 g/mol. The highest BCUT2D eigenvalue weighted by molar-refractivity contribution is 9.10. The fraction of sp³-hybridized carbons (Fsp3) is 0.250. The van der Waals surface area contributed by atoms with Crippen LogP contribution in [0, 0.1) is 6.92 Å². The smallest absolute Gasteiger partial charge is 0.244 e. The number of anilines is 1. The van der Waals surface area contributed by atoms with Crippen molar-refractivity contribution in [1.82, 2.24) is 9.71 Å². The number of aryl methyl sites for hydroxylation is 1. The standard InChI is InChI=1S/C12H14BrN3O4S/c1-7-5-15-12(20-7)6-16-21(17,18)11-4-9(14)8(13)3-10(11)19-2/h3-5,16H,6,14H2,1-2H3. The molecule has 0 aliphatic heterocycles. The molecule has 0 atom stereocenters. The number of aromatic nitrogens is 1. The van der Waals surface area contributed by atoms with Crippen molar-refractivity contribution in [2.24, 2.45) is 0 Å². The summed E-state index contributed by atoms with van der Waals surface area (Å²) in [6, 6.07) is 2.82. The normalized spacial score (nSPS) is 11.6. The van der Waals surface area contributed by atoms with Crippen LogP contribution in [0.25, 0.3) is 0 Å². The molecule has 2 aromatic rings. The second kappa shape index (κ2) is 6.04. The predicted molar refractivity (Wildman–Crippen MR) is 80.4 cm³/mol. The molecule has 0 aliphatic carbocycles. The second-order valence-corrected chi connectivity index (χ2v) is 6.80. The Morgan fingerprint density at radius 1 is 1.48 bits per heavy atom. The molecule has 3 N–H and O–H groups in total. The third-order valence-electron chi connectivity index (χ3n) is 2.66. The molecule has 1 heterocycles. The van der Waals surface area contributed by atoms with E-state index in [0.29, 0.717) is 15.9 Å². The van der Waals surface area contributed by atoms with Gasteiger partial charge in [-0.25, -0.2) is 18.1 Å². The maximum absolute atomic E-state index is 12.3. The minimum absolute atomic E-state index is 0.0472. The van der Waals surface area contributed by atoms with E-state index in [1.165, 1.54) is 25.4 Å². The molecule has 0 bridgehead atoms. The first-order chi connectivity index (χ1) is 9.83. The van der Waals surface area contributed by atoms with Crippen LogP contribution in [0.4, 0.5) is 5.69 Å². The van der Waals surface area contributed by atoms with Gasteiger partial charge in [-0.05, 0) is 35.0 Å². The Hall–Kier alpha value is -1.58. The lowest BCUT2D eigenvalue weighted by atomic mass is 10.3. The zero-order valence-corrected chi connectivity index (χ0v) is 13.8. The number of methoxy groups -OCH3 is 1. The van der Waals surface area contributed by atoms with Gasteiger partial charge in [0.2, 0.25) is 15.9 Å². The summed E-state index contributed by atoms with van der Waals surface area (Å²) in [4.78, 5) is 3.88. The van der Waals surface area contributed by atoms with E-state index in [2.05, 4.69) is 25.6 Å². The molecule has 9 heteroatoms. The van der Waals surface area contributed by atoms with Crippen molar-refractivity contribution < 1.29 is 17.6 Å². The van der Waals surface area contributed by atoms with E-state index in [1.54, 1.807) is 6.92 Å². The Kier molecular flexibility index (Phi) is 4.55. The molecular formula is C12H14BrN3O4S. The minimum atomic E-state index is -3.81. The van der Waals surface area contributed by atoms with Crippen molar-refractivity contribution in [3.8, 4) is 5.75 Å². The maximum Gasteiger partial charge on any atom is 0.244 e. The van der Waals surface area contributed by atoms with Crippen molar-refractivity contribution in [3.05, 3.63) is 34.5 Å². The summed E-state index contributed by atoms with van der Waals surface area (Å²) < 4.78 is 37.9. The van der Waals surface area contributed by atoms with Crippen LogP contribution in [0.1, 0.15) is 11.7 Å². The number of nitrogens with two attached hydrogens (primary N) is 1. The third-order valence-corrected chi connectivity index (χ3v) is 4.76. The zero-order valence-electron chi connectivity index (χ0n) is 11.4. The molecule has 0 saturated heterocycles. The molecule has 21 heavy (non-hydrogen) atoms. The van der Waals surface area contributed by atoms with Crippen molar-refractivity contribution in [2.45, 2.75) is 18.4 Å². The first-order valence-electron chi connectivity index (χ1n) is 5.87. The Morgan fingerprint density at radius 3 is 2.76 bits per heavy atom. The minimum Gasteiger partial charge on any atom is -0.495 e. The van der Waals surface area contributed by atoms with Crippen LogP contribution in [0.3, 0.4) is 0 Å². The molecule has 0 radical (unpaired) electrons. The van der Waals surface area contributed by atoms with Crippen LogP contribution in [-0.4, -0.2) is 20.5 Å². The van der Waals surface area contributed by atoms with E-state index in [1.807, 2.05) is 0 Å². The number of benzene rings is 1. The fourth-order valence-corrected chi connectivity index (χ4v) is 3.12. The third kappa shape index (κ3) is 3.55. The Labute approximate surface area is 130 Å². The number of oxazole rings is 1. The number of nitrogen functional groups attached to an aromatic ring is 1. The topological polar surface area (TPSA) is 107 Å². The van der Waals surface area contributed by atoms with Gasteiger partial charge in [0.1, 0.15) is 16.4 Å². The van der Waals surface area contributed by atoms with E-state index in [4.69, 9.17) is 14.9 Å². The van der Waals surface area contributed by atoms with Crippen molar-refractivity contribution >= 4 is 31.6 Å². The molecule has 1 aromatic heterocycles. The summed E-state index contributed by atoms with van der Waals surface area (Å²) in [5, 5.41) is 0. The Morgan fingerprint density at radius 2 is 2.19 bits per heavy atom. The number of rotatable bonds is 5. The highest BCUT2D eigenvalue weighted by atomic mass is 79.9. The molecule has 0 aliphatic rings.